The van der Waals surface area contributed by atoms with Crippen molar-refractivity contribution in [3.8, 4) is 5.75 Å². The molecular weight excluding hydrogens is 338 g/mol. The standard InChI is InChI=1S/C14H14BrN3O3/c15-10-8-12(16-9-10)14(20)18-17-13(19)6-7-21-11-4-2-1-3-5-11/h1-5,8-9,16H,6-7H2,(H,17,19)(H,18,20). The quantitative estimate of drug-likeness (QED) is 0.720. The number of amides is 2. The normalized spacial score (nSPS) is 9.95. The van der Waals surface area contributed by atoms with Gasteiger partial charge in [-0.15, -0.1) is 0 Å². The summed E-state index contributed by atoms with van der Waals surface area (Å²) in [6.45, 7) is 0.236. The van der Waals surface area contributed by atoms with E-state index < -0.39 is 5.91 Å². The van der Waals surface area contributed by atoms with Gasteiger partial charge in [-0.1, -0.05) is 18.2 Å². The molecule has 0 fully saturated rings. The number of carbonyl (C=O) groups is 2. The number of halogens is 1. The summed E-state index contributed by atoms with van der Waals surface area (Å²) >= 11 is 3.22. The van der Waals surface area contributed by atoms with Crippen molar-refractivity contribution in [3.63, 3.8) is 0 Å². The summed E-state index contributed by atoms with van der Waals surface area (Å²) in [4.78, 5) is 26.0. The van der Waals surface area contributed by atoms with Gasteiger partial charge in [0.25, 0.3) is 5.91 Å². The number of hydrogen-bond donors (Lipinski definition) is 3. The van der Waals surface area contributed by atoms with Gasteiger partial charge in [-0.3, -0.25) is 20.4 Å². The molecule has 0 saturated heterocycles. The minimum absolute atomic E-state index is 0.142. The molecule has 2 aromatic rings. The Morgan fingerprint density at radius 3 is 2.62 bits per heavy atom. The van der Waals surface area contributed by atoms with E-state index >= 15 is 0 Å². The number of nitrogens with one attached hydrogen (secondary N) is 3. The fourth-order valence-corrected chi connectivity index (χ4v) is 1.88. The third-order valence-corrected chi connectivity index (χ3v) is 3.01. The Bertz CT molecular complexity index is 613. The zero-order chi connectivity index (χ0) is 15.1. The summed E-state index contributed by atoms with van der Waals surface area (Å²) in [5.74, 6) is -0.0477. The third kappa shape index (κ3) is 4.96. The first-order valence-corrected chi connectivity index (χ1v) is 7.05. The Morgan fingerprint density at radius 2 is 1.95 bits per heavy atom. The van der Waals surface area contributed by atoms with Gasteiger partial charge in [-0.25, -0.2) is 0 Å². The fourth-order valence-electron chi connectivity index (χ4n) is 1.53. The first kappa shape index (κ1) is 15.1. The lowest BCUT2D eigenvalue weighted by Crippen LogP contribution is -2.42. The second-order valence-electron chi connectivity index (χ2n) is 4.15. The maximum atomic E-state index is 11.6. The molecule has 0 spiro atoms. The van der Waals surface area contributed by atoms with Crippen molar-refractivity contribution in [1.29, 1.82) is 0 Å². The minimum Gasteiger partial charge on any atom is -0.493 e. The predicted octanol–water partition coefficient (Wildman–Crippen LogP) is 2.01. The molecule has 0 aliphatic carbocycles. The molecule has 3 N–H and O–H groups in total. The molecule has 110 valence electrons. The summed E-state index contributed by atoms with van der Waals surface area (Å²) < 4.78 is 6.14. The average Bonchev–Trinajstić information content (AvgIpc) is 2.92. The van der Waals surface area contributed by atoms with E-state index in [2.05, 4.69) is 31.8 Å². The molecule has 0 aliphatic heterocycles. The number of rotatable bonds is 5. The SMILES string of the molecule is O=C(CCOc1ccccc1)NNC(=O)c1cc(Br)c[nH]1. The zero-order valence-electron chi connectivity index (χ0n) is 11.1. The van der Waals surface area contributed by atoms with Gasteiger partial charge >= 0.3 is 0 Å². The largest absolute Gasteiger partial charge is 0.493 e. The summed E-state index contributed by atoms with van der Waals surface area (Å²) in [7, 11) is 0. The van der Waals surface area contributed by atoms with E-state index in [1.165, 1.54) is 0 Å². The molecule has 2 rings (SSSR count). The van der Waals surface area contributed by atoms with E-state index in [1.54, 1.807) is 12.3 Å². The van der Waals surface area contributed by atoms with Crippen LogP contribution in [0.2, 0.25) is 0 Å². The highest BCUT2D eigenvalue weighted by Crippen LogP contribution is 2.10. The van der Waals surface area contributed by atoms with Gasteiger partial charge in [-0.05, 0) is 34.1 Å². The highest BCUT2D eigenvalue weighted by molar-refractivity contribution is 9.10. The number of benzene rings is 1. The average molecular weight is 352 g/mol. The van der Waals surface area contributed by atoms with E-state index in [4.69, 9.17) is 4.74 Å². The summed E-state index contributed by atoms with van der Waals surface area (Å²) in [6, 6.07) is 10.8. The number of ether oxygens (including phenoxy) is 1. The van der Waals surface area contributed by atoms with Gasteiger partial charge in [0.15, 0.2) is 0 Å². The van der Waals surface area contributed by atoms with Crippen molar-refractivity contribution in [1.82, 2.24) is 15.8 Å². The number of H-pyrrole nitrogens is 1. The monoisotopic (exact) mass is 351 g/mol. The van der Waals surface area contributed by atoms with E-state index in [9.17, 15) is 9.59 Å². The van der Waals surface area contributed by atoms with Crippen LogP contribution >= 0.6 is 15.9 Å². The zero-order valence-corrected chi connectivity index (χ0v) is 12.6. The molecular formula is C14H14BrN3O3. The van der Waals surface area contributed by atoms with Crippen LogP contribution in [-0.2, 0) is 4.79 Å². The van der Waals surface area contributed by atoms with Gasteiger partial charge in [0.2, 0.25) is 5.91 Å². The molecule has 2 amide bonds. The molecule has 1 aromatic heterocycles. The fraction of sp³-hybridized carbons (Fsp3) is 0.143. The highest BCUT2D eigenvalue weighted by Gasteiger charge is 2.09. The number of hydrazine groups is 1. The molecule has 0 unspecified atom stereocenters. The lowest BCUT2D eigenvalue weighted by Gasteiger charge is -2.07. The molecule has 0 saturated carbocycles. The molecule has 1 aromatic carbocycles. The van der Waals surface area contributed by atoms with Crippen LogP contribution in [0.3, 0.4) is 0 Å². The first-order valence-electron chi connectivity index (χ1n) is 6.26. The molecule has 1 heterocycles. The summed E-state index contributed by atoms with van der Waals surface area (Å²) in [5, 5.41) is 0. The van der Waals surface area contributed by atoms with Gasteiger partial charge in [0.05, 0.1) is 13.0 Å². The number of carbonyl (C=O) groups excluding carboxylic acids is 2. The first-order chi connectivity index (χ1) is 10.1. The maximum Gasteiger partial charge on any atom is 0.286 e. The van der Waals surface area contributed by atoms with E-state index in [0.29, 0.717) is 11.4 Å². The maximum absolute atomic E-state index is 11.6. The van der Waals surface area contributed by atoms with Crippen LogP contribution < -0.4 is 15.6 Å². The lowest BCUT2D eigenvalue weighted by atomic mass is 10.3. The summed E-state index contributed by atoms with van der Waals surface area (Å²) in [5.41, 5.74) is 4.99. The van der Waals surface area contributed by atoms with Crippen molar-refractivity contribution < 1.29 is 14.3 Å². The van der Waals surface area contributed by atoms with Gasteiger partial charge in [0, 0.05) is 10.7 Å². The van der Waals surface area contributed by atoms with Crippen LogP contribution in [-0.4, -0.2) is 23.4 Å². The number of para-hydroxylation sites is 1. The Balaban J connectivity index is 1.67. The Labute approximate surface area is 130 Å². The van der Waals surface area contributed by atoms with Gasteiger partial charge in [-0.2, -0.15) is 0 Å². The predicted molar refractivity (Wildman–Crippen MR) is 80.7 cm³/mol. The van der Waals surface area contributed by atoms with E-state index in [-0.39, 0.29) is 18.9 Å². The number of aromatic nitrogens is 1. The summed E-state index contributed by atoms with van der Waals surface area (Å²) in [6.07, 6.45) is 1.77. The van der Waals surface area contributed by atoms with Crippen LogP contribution in [0.4, 0.5) is 0 Å². The molecule has 7 heteroatoms. The van der Waals surface area contributed by atoms with Crippen molar-refractivity contribution in [3.05, 3.63) is 52.8 Å². The molecule has 0 bridgehead atoms. The van der Waals surface area contributed by atoms with Crippen molar-refractivity contribution in [2.45, 2.75) is 6.42 Å². The Morgan fingerprint density at radius 1 is 1.19 bits per heavy atom. The highest BCUT2D eigenvalue weighted by atomic mass is 79.9. The van der Waals surface area contributed by atoms with Crippen molar-refractivity contribution >= 4 is 27.7 Å². The number of aromatic amines is 1. The molecule has 0 aliphatic rings. The van der Waals surface area contributed by atoms with Crippen LogP contribution in [0.15, 0.2) is 47.1 Å². The molecule has 21 heavy (non-hydrogen) atoms. The van der Waals surface area contributed by atoms with Crippen molar-refractivity contribution in [2.75, 3.05) is 6.61 Å². The lowest BCUT2D eigenvalue weighted by molar-refractivity contribution is -0.122. The van der Waals surface area contributed by atoms with Gasteiger partial charge < -0.3 is 9.72 Å². The topological polar surface area (TPSA) is 83.2 Å². The Kier molecular flexibility index (Phi) is 5.39. The van der Waals surface area contributed by atoms with E-state index in [0.717, 1.165) is 4.47 Å². The van der Waals surface area contributed by atoms with Crippen LogP contribution in [0.5, 0.6) is 5.75 Å². The second kappa shape index (κ2) is 7.49. The van der Waals surface area contributed by atoms with Crippen LogP contribution in [0, 0.1) is 0 Å². The Hall–Kier alpha value is -2.28. The molecule has 0 radical (unpaired) electrons. The van der Waals surface area contributed by atoms with Crippen LogP contribution in [0.1, 0.15) is 16.9 Å². The third-order valence-electron chi connectivity index (χ3n) is 2.55. The van der Waals surface area contributed by atoms with Gasteiger partial charge in [0.1, 0.15) is 11.4 Å². The minimum atomic E-state index is -0.418. The number of hydrogen-bond acceptors (Lipinski definition) is 3. The van der Waals surface area contributed by atoms with E-state index in [1.807, 2.05) is 30.3 Å². The molecule has 6 nitrogen and oxygen atoms in total. The second-order valence-corrected chi connectivity index (χ2v) is 5.06. The van der Waals surface area contributed by atoms with Crippen molar-refractivity contribution in [2.24, 2.45) is 0 Å². The smallest absolute Gasteiger partial charge is 0.286 e. The van der Waals surface area contributed by atoms with Crippen LogP contribution in [0.25, 0.3) is 0 Å². The molecule has 0 atom stereocenters.